The molecule has 3 atom stereocenters. The van der Waals surface area contributed by atoms with Gasteiger partial charge in [0.1, 0.15) is 18.2 Å². The molecule has 2 nitrogen and oxygen atoms in total. The van der Waals surface area contributed by atoms with Crippen LogP contribution in [0.1, 0.15) is 26.2 Å². The molecule has 1 aromatic carbocycles. The zero-order valence-electron chi connectivity index (χ0n) is 10.1. The zero-order valence-corrected chi connectivity index (χ0v) is 10.1. The summed E-state index contributed by atoms with van der Waals surface area (Å²) in [4.78, 5) is 0. The van der Waals surface area contributed by atoms with Crippen LogP contribution in [-0.2, 0) is 0 Å². The van der Waals surface area contributed by atoms with E-state index in [4.69, 9.17) is 4.74 Å². The van der Waals surface area contributed by atoms with Crippen molar-refractivity contribution in [2.75, 3.05) is 6.61 Å². The van der Waals surface area contributed by atoms with Crippen molar-refractivity contribution in [3.8, 4) is 5.75 Å². The smallest absolute Gasteiger partial charge is 0.123 e. The van der Waals surface area contributed by atoms with Gasteiger partial charge in [0.05, 0.1) is 5.54 Å². The Morgan fingerprint density at radius 3 is 2.71 bits per heavy atom. The summed E-state index contributed by atoms with van der Waals surface area (Å²) in [5.74, 6) is 1.32. The fraction of sp³-hybridized carbons (Fsp3) is 0.571. The Morgan fingerprint density at radius 2 is 2.18 bits per heavy atom. The molecular weight excluding hydrogens is 217 g/mol. The highest BCUT2D eigenvalue weighted by Crippen LogP contribution is 2.49. The summed E-state index contributed by atoms with van der Waals surface area (Å²) in [7, 11) is 0. The molecule has 3 unspecified atom stereocenters. The highest BCUT2D eigenvalue weighted by atomic mass is 19.1. The number of fused-ring (bicyclic) bond motifs is 1. The van der Waals surface area contributed by atoms with Gasteiger partial charge in [-0.2, -0.15) is 0 Å². The quantitative estimate of drug-likeness (QED) is 0.866. The number of piperidine rings is 1. The van der Waals surface area contributed by atoms with Crippen LogP contribution >= 0.6 is 0 Å². The first-order valence-corrected chi connectivity index (χ1v) is 6.39. The second-order valence-corrected chi connectivity index (χ2v) is 5.20. The monoisotopic (exact) mass is 235 g/mol. The van der Waals surface area contributed by atoms with E-state index in [2.05, 4.69) is 12.2 Å². The maximum atomic E-state index is 12.7. The molecule has 1 heterocycles. The predicted octanol–water partition coefficient (Wildman–Crippen LogP) is 2.74. The minimum atomic E-state index is -0.218. The maximum absolute atomic E-state index is 12.7. The second-order valence-electron chi connectivity index (χ2n) is 5.20. The third kappa shape index (κ3) is 1.73. The van der Waals surface area contributed by atoms with E-state index in [1.807, 2.05) is 0 Å². The molecule has 1 saturated carbocycles. The zero-order chi connectivity index (χ0) is 11.9. The Hall–Kier alpha value is -1.09. The van der Waals surface area contributed by atoms with Gasteiger partial charge in [0.15, 0.2) is 0 Å². The standard InChI is InChI=1S/C14H18FNO/c1-2-13-12-7-8-14(12,16-13)9-17-11-5-3-10(15)4-6-11/h3-6,12-13,16H,2,7-9H2,1H3. The summed E-state index contributed by atoms with van der Waals surface area (Å²) in [5.41, 5.74) is 0.217. The summed E-state index contributed by atoms with van der Waals surface area (Å²) in [6, 6.07) is 6.94. The summed E-state index contributed by atoms with van der Waals surface area (Å²) >= 11 is 0. The second kappa shape index (κ2) is 3.98. The summed E-state index contributed by atoms with van der Waals surface area (Å²) in [6.45, 7) is 2.93. The Bertz CT molecular complexity index is 405. The first-order valence-electron chi connectivity index (χ1n) is 6.39. The van der Waals surface area contributed by atoms with E-state index in [1.165, 1.54) is 31.4 Å². The van der Waals surface area contributed by atoms with E-state index in [1.54, 1.807) is 12.1 Å². The molecule has 2 aliphatic rings. The van der Waals surface area contributed by atoms with Gasteiger partial charge in [0, 0.05) is 6.04 Å². The van der Waals surface area contributed by atoms with E-state index >= 15 is 0 Å². The van der Waals surface area contributed by atoms with Crippen LogP contribution in [0.5, 0.6) is 5.75 Å². The van der Waals surface area contributed by atoms with Gasteiger partial charge >= 0.3 is 0 Å². The third-order valence-electron chi connectivity index (χ3n) is 4.32. The number of rotatable bonds is 4. The van der Waals surface area contributed by atoms with Crippen LogP contribution in [-0.4, -0.2) is 18.2 Å². The number of halogens is 1. The molecule has 2 fully saturated rings. The van der Waals surface area contributed by atoms with Crippen molar-refractivity contribution in [1.82, 2.24) is 5.32 Å². The first-order chi connectivity index (χ1) is 8.23. The third-order valence-corrected chi connectivity index (χ3v) is 4.32. The lowest BCUT2D eigenvalue weighted by Gasteiger charge is -2.63. The van der Waals surface area contributed by atoms with Gasteiger partial charge in [-0.15, -0.1) is 0 Å². The fourth-order valence-corrected chi connectivity index (χ4v) is 3.15. The van der Waals surface area contributed by atoms with Gasteiger partial charge in [0.25, 0.3) is 0 Å². The van der Waals surface area contributed by atoms with Crippen LogP contribution in [0.2, 0.25) is 0 Å². The molecule has 3 heteroatoms. The normalized spacial score (nSPS) is 34.5. The van der Waals surface area contributed by atoms with Crippen LogP contribution in [0.3, 0.4) is 0 Å². The predicted molar refractivity (Wildman–Crippen MR) is 64.6 cm³/mol. The molecule has 1 N–H and O–H groups in total. The van der Waals surface area contributed by atoms with Crippen LogP contribution < -0.4 is 10.1 Å². The van der Waals surface area contributed by atoms with Crippen molar-refractivity contribution < 1.29 is 9.13 Å². The van der Waals surface area contributed by atoms with Crippen LogP contribution in [0.4, 0.5) is 4.39 Å². The van der Waals surface area contributed by atoms with Gasteiger partial charge in [-0.05, 0) is 49.4 Å². The molecule has 0 bridgehead atoms. The first kappa shape index (κ1) is 11.0. The summed E-state index contributed by atoms with van der Waals surface area (Å²) in [5, 5.41) is 3.63. The molecule has 0 radical (unpaired) electrons. The largest absolute Gasteiger partial charge is 0.492 e. The highest BCUT2D eigenvalue weighted by Gasteiger charge is 2.59. The topological polar surface area (TPSA) is 21.3 Å². The number of ether oxygens (including phenoxy) is 1. The summed E-state index contributed by atoms with van der Waals surface area (Å²) in [6.07, 6.45) is 3.72. The lowest BCUT2D eigenvalue weighted by Crippen LogP contribution is -2.78. The molecule has 1 saturated heterocycles. The van der Waals surface area contributed by atoms with Gasteiger partial charge in [-0.1, -0.05) is 6.92 Å². The van der Waals surface area contributed by atoms with Crippen molar-refractivity contribution in [3.63, 3.8) is 0 Å². The summed E-state index contributed by atoms with van der Waals surface area (Å²) < 4.78 is 18.5. The van der Waals surface area contributed by atoms with E-state index in [0.717, 1.165) is 11.7 Å². The Kier molecular flexibility index (Phi) is 2.58. The van der Waals surface area contributed by atoms with Crippen LogP contribution in [0.25, 0.3) is 0 Å². The molecule has 17 heavy (non-hydrogen) atoms. The van der Waals surface area contributed by atoms with E-state index in [0.29, 0.717) is 12.6 Å². The van der Waals surface area contributed by atoms with E-state index < -0.39 is 0 Å². The van der Waals surface area contributed by atoms with E-state index in [9.17, 15) is 4.39 Å². The molecule has 0 aromatic heterocycles. The van der Waals surface area contributed by atoms with Gasteiger partial charge in [-0.3, -0.25) is 0 Å². The minimum absolute atomic E-state index is 0.217. The fourth-order valence-electron chi connectivity index (χ4n) is 3.15. The van der Waals surface area contributed by atoms with Crippen molar-refractivity contribution in [2.45, 2.75) is 37.8 Å². The van der Waals surface area contributed by atoms with Gasteiger partial charge in [-0.25, -0.2) is 4.39 Å². The molecular formula is C14H18FNO. The van der Waals surface area contributed by atoms with Crippen molar-refractivity contribution in [1.29, 1.82) is 0 Å². The number of hydrogen-bond donors (Lipinski definition) is 1. The lowest BCUT2D eigenvalue weighted by atomic mass is 9.56. The van der Waals surface area contributed by atoms with Gasteiger partial charge in [0.2, 0.25) is 0 Å². The van der Waals surface area contributed by atoms with Crippen molar-refractivity contribution in [2.24, 2.45) is 5.92 Å². The average molecular weight is 235 g/mol. The molecule has 1 aliphatic heterocycles. The SMILES string of the molecule is CCC1NC2(COc3ccc(F)cc3)CCC12. The number of nitrogens with one attached hydrogen (secondary N) is 1. The average Bonchev–Trinajstić information content (AvgIpc) is 2.33. The Labute approximate surface area is 101 Å². The molecule has 3 rings (SSSR count). The minimum Gasteiger partial charge on any atom is -0.492 e. The van der Waals surface area contributed by atoms with Crippen LogP contribution in [0, 0.1) is 11.7 Å². The van der Waals surface area contributed by atoms with Crippen molar-refractivity contribution in [3.05, 3.63) is 30.1 Å². The van der Waals surface area contributed by atoms with E-state index in [-0.39, 0.29) is 11.4 Å². The van der Waals surface area contributed by atoms with Crippen molar-refractivity contribution >= 4 is 0 Å². The number of hydrogen-bond acceptors (Lipinski definition) is 2. The molecule has 1 aliphatic carbocycles. The lowest BCUT2D eigenvalue weighted by molar-refractivity contribution is -0.0868. The maximum Gasteiger partial charge on any atom is 0.123 e. The highest BCUT2D eigenvalue weighted by molar-refractivity contribution is 5.24. The van der Waals surface area contributed by atoms with Crippen LogP contribution in [0.15, 0.2) is 24.3 Å². The molecule has 1 aromatic rings. The number of benzene rings is 1. The molecule has 0 spiro atoms. The molecule has 92 valence electrons. The van der Waals surface area contributed by atoms with Gasteiger partial charge < -0.3 is 10.1 Å². The Morgan fingerprint density at radius 1 is 1.41 bits per heavy atom. The Balaban J connectivity index is 1.57. The molecule has 0 amide bonds.